The standard InChI is InChI=1S/C24H23F3N4O3S/c25-24(26,27)20-7-4-10-31(23(20)33)14-21(32)30-11-8-18(9-12-30)22-29-19(16-35-22)13-28-34-15-17-5-2-1-3-6-17/h1-7,10,13,16,18H,8-9,11-12,14-15H2/b28-13+. The van der Waals surface area contributed by atoms with E-state index in [4.69, 9.17) is 4.84 Å². The third-order valence-corrected chi connectivity index (χ3v) is 6.73. The second-order valence-electron chi connectivity index (χ2n) is 8.11. The number of pyridine rings is 1. The van der Waals surface area contributed by atoms with Gasteiger partial charge in [0.2, 0.25) is 5.91 Å². The van der Waals surface area contributed by atoms with Crippen molar-refractivity contribution in [3.05, 3.63) is 86.2 Å². The van der Waals surface area contributed by atoms with E-state index >= 15 is 0 Å². The summed E-state index contributed by atoms with van der Waals surface area (Å²) < 4.78 is 39.7. The normalized spacial score (nSPS) is 15.0. The van der Waals surface area contributed by atoms with E-state index in [1.54, 1.807) is 11.1 Å². The molecular weight excluding hydrogens is 481 g/mol. The highest BCUT2D eigenvalue weighted by Crippen LogP contribution is 2.30. The molecule has 0 atom stereocenters. The number of carbonyl (C=O) groups is 1. The van der Waals surface area contributed by atoms with Crippen LogP contribution < -0.4 is 5.56 Å². The molecule has 3 aromatic rings. The van der Waals surface area contributed by atoms with E-state index in [-0.39, 0.29) is 11.8 Å². The molecule has 2 aromatic heterocycles. The molecule has 0 unspecified atom stereocenters. The molecular formula is C24H23F3N4O3S. The molecule has 1 aliphatic heterocycles. The second-order valence-corrected chi connectivity index (χ2v) is 9.00. The van der Waals surface area contributed by atoms with Crippen molar-refractivity contribution in [1.29, 1.82) is 0 Å². The van der Waals surface area contributed by atoms with E-state index in [1.807, 2.05) is 35.7 Å². The van der Waals surface area contributed by atoms with Crippen LogP contribution in [0.1, 0.15) is 40.6 Å². The van der Waals surface area contributed by atoms with Crippen molar-refractivity contribution in [3.8, 4) is 0 Å². The Morgan fingerprint density at radius 2 is 1.91 bits per heavy atom. The SMILES string of the molecule is O=C(Cn1cccc(C(F)(F)F)c1=O)N1CCC(c2nc(/C=N/OCc3ccccc3)cs2)CC1. The lowest BCUT2D eigenvalue weighted by Crippen LogP contribution is -2.41. The van der Waals surface area contributed by atoms with Gasteiger partial charge in [0.1, 0.15) is 18.7 Å². The summed E-state index contributed by atoms with van der Waals surface area (Å²) in [7, 11) is 0. The molecule has 3 heterocycles. The third kappa shape index (κ3) is 6.36. The number of alkyl halides is 3. The maximum atomic E-state index is 13.0. The first-order valence-electron chi connectivity index (χ1n) is 11.0. The fourth-order valence-corrected chi connectivity index (χ4v) is 4.76. The van der Waals surface area contributed by atoms with E-state index in [0.717, 1.165) is 27.3 Å². The van der Waals surface area contributed by atoms with Crippen molar-refractivity contribution in [2.75, 3.05) is 13.1 Å². The lowest BCUT2D eigenvalue weighted by molar-refractivity contribution is -0.139. The van der Waals surface area contributed by atoms with Crippen molar-refractivity contribution in [3.63, 3.8) is 0 Å². The summed E-state index contributed by atoms with van der Waals surface area (Å²) in [6.45, 7) is 0.836. The molecule has 4 rings (SSSR count). The van der Waals surface area contributed by atoms with Gasteiger partial charge < -0.3 is 14.3 Å². The molecule has 1 fully saturated rings. The average molecular weight is 505 g/mol. The minimum atomic E-state index is -4.76. The molecule has 184 valence electrons. The Bertz CT molecular complexity index is 1230. The lowest BCUT2D eigenvalue weighted by Gasteiger charge is -2.31. The van der Waals surface area contributed by atoms with Crippen LogP contribution in [0.3, 0.4) is 0 Å². The zero-order chi connectivity index (χ0) is 24.8. The molecule has 1 saturated heterocycles. The summed E-state index contributed by atoms with van der Waals surface area (Å²) in [5, 5.41) is 6.80. The number of hydrogen-bond acceptors (Lipinski definition) is 6. The van der Waals surface area contributed by atoms with Crippen LogP contribution in [-0.2, 0) is 29.0 Å². The molecule has 11 heteroatoms. The predicted octanol–water partition coefficient (Wildman–Crippen LogP) is 4.28. The fourth-order valence-electron chi connectivity index (χ4n) is 3.82. The summed E-state index contributed by atoms with van der Waals surface area (Å²) in [5.74, 6) is -0.208. The second kappa shape index (κ2) is 10.9. The average Bonchev–Trinajstić information content (AvgIpc) is 3.32. The highest BCUT2D eigenvalue weighted by atomic mass is 32.1. The highest BCUT2D eigenvalue weighted by Gasteiger charge is 2.34. The van der Waals surface area contributed by atoms with Gasteiger partial charge in [0.25, 0.3) is 5.56 Å². The fraction of sp³-hybridized carbons (Fsp3) is 0.333. The molecule has 7 nitrogen and oxygen atoms in total. The first-order valence-corrected chi connectivity index (χ1v) is 11.9. The van der Waals surface area contributed by atoms with E-state index in [9.17, 15) is 22.8 Å². The van der Waals surface area contributed by atoms with Gasteiger partial charge in [-0.15, -0.1) is 11.3 Å². The van der Waals surface area contributed by atoms with E-state index in [1.165, 1.54) is 17.5 Å². The summed E-state index contributed by atoms with van der Waals surface area (Å²) in [6.07, 6.45) is -0.638. The minimum Gasteiger partial charge on any atom is -0.391 e. The largest absolute Gasteiger partial charge is 0.421 e. The molecule has 0 N–H and O–H groups in total. The first-order chi connectivity index (χ1) is 16.8. The summed E-state index contributed by atoms with van der Waals surface area (Å²) in [4.78, 5) is 36.2. The van der Waals surface area contributed by atoms with Crippen LogP contribution in [0, 0.1) is 0 Å². The van der Waals surface area contributed by atoms with Gasteiger partial charge in [-0.1, -0.05) is 35.5 Å². The topological polar surface area (TPSA) is 76.8 Å². The van der Waals surface area contributed by atoms with Gasteiger partial charge >= 0.3 is 6.18 Å². The van der Waals surface area contributed by atoms with Gasteiger partial charge in [-0.3, -0.25) is 9.59 Å². The molecule has 1 aromatic carbocycles. The van der Waals surface area contributed by atoms with Crippen LogP contribution in [0.5, 0.6) is 0 Å². The van der Waals surface area contributed by atoms with Crippen molar-refractivity contribution in [1.82, 2.24) is 14.5 Å². The predicted molar refractivity (Wildman–Crippen MR) is 125 cm³/mol. The number of aromatic nitrogens is 2. The molecule has 0 aliphatic carbocycles. The Kier molecular flexibility index (Phi) is 7.64. The lowest BCUT2D eigenvalue weighted by atomic mass is 9.97. The molecule has 1 aliphatic rings. The molecule has 0 saturated carbocycles. The van der Waals surface area contributed by atoms with E-state index in [0.29, 0.717) is 38.2 Å². The summed E-state index contributed by atoms with van der Waals surface area (Å²) in [6, 6.07) is 11.5. The van der Waals surface area contributed by atoms with Gasteiger partial charge in [0.05, 0.1) is 16.9 Å². The number of benzene rings is 1. The van der Waals surface area contributed by atoms with Crippen LogP contribution in [0.15, 0.2) is 64.0 Å². The maximum absolute atomic E-state index is 13.0. The molecule has 0 spiro atoms. The van der Waals surface area contributed by atoms with Crippen LogP contribution in [0.4, 0.5) is 13.2 Å². The van der Waals surface area contributed by atoms with Crippen LogP contribution >= 0.6 is 11.3 Å². The zero-order valence-corrected chi connectivity index (χ0v) is 19.5. The number of rotatable bonds is 7. The molecule has 1 amide bonds. The first kappa shape index (κ1) is 24.6. The Hall–Kier alpha value is -3.47. The highest BCUT2D eigenvalue weighted by molar-refractivity contribution is 7.09. The van der Waals surface area contributed by atoms with E-state index in [2.05, 4.69) is 10.1 Å². The van der Waals surface area contributed by atoms with Crippen LogP contribution in [0.2, 0.25) is 0 Å². The molecule has 0 bridgehead atoms. The Labute approximate surface area is 203 Å². The van der Waals surface area contributed by atoms with Gasteiger partial charge in [-0.25, -0.2) is 4.98 Å². The van der Waals surface area contributed by atoms with Gasteiger partial charge in [0, 0.05) is 30.6 Å². The number of piperidine rings is 1. The molecule has 0 radical (unpaired) electrons. The van der Waals surface area contributed by atoms with Gasteiger partial charge in [-0.05, 0) is 30.5 Å². The van der Waals surface area contributed by atoms with Crippen molar-refractivity contribution >= 4 is 23.5 Å². The quantitative estimate of drug-likeness (QED) is 0.356. The van der Waals surface area contributed by atoms with Crippen LogP contribution in [0.25, 0.3) is 0 Å². The number of oxime groups is 1. The van der Waals surface area contributed by atoms with Crippen molar-refractivity contribution in [2.45, 2.75) is 38.1 Å². The molecule has 35 heavy (non-hydrogen) atoms. The number of thiazole rings is 1. The van der Waals surface area contributed by atoms with E-state index < -0.39 is 23.8 Å². The van der Waals surface area contributed by atoms with Gasteiger partial charge in [0.15, 0.2) is 0 Å². The number of nitrogens with zero attached hydrogens (tertiary/aromatic N) is 4. The van der Waals surface area contributed by atoms with Crippen molar-refractivity contribution in [2.24, 2.45) is 5.16 Å². The zero-order valence-electron chi connectivity index (χ0n) is 18.6. The van der Waals surface area contributed by atoms with Crippen molar-refractivity contribution < 1.29 is 22.8 Å². The third-order valence-electron chi connectivity index (χ3n) is 5.70. The Balaban J connectivity index is 1.28. The monoisotopic (exact) mass is 504 g/mol. The minimum absolute atomic E-state index is 0.174. The summed E-state index contributed by atoms with van der Waals surface area (Å²) in [5.41, 5.74) is -0.781. The maximum Gasteiger partial charge on any atom is 0.421 e. The van der Waals surface area contributed by atoms with Crippen LogP contribution in [-0.4, -0.2) is 39.7 Å². The number of likely N-dealkylation sites (tertiary alicyclic amines) is 1. The Morgan fingerprint density at radius 1 is 1.17 bits per heavy atom. The number of amides is 1. The smallest absolute Gasteiger partial charge is 0.391 e. The number of halogens is 3. The number of carbonyl (C=O) groups excluding carboxylic acids is 1. The summed E-state index contributed by atoms with van der Waals surface area (Å²) >= 11 is 1.52. The Morgan fingerprint density at radius 3 is 2.63 bits per heavy atom. The van der Waals surface area contributed by atoms with Gasteiger partial charge in [-0.2, -0.15) is 13.2 Å². The number of hydrogen-bond donors (Lipinski definition) is 0.